The number of nitrogens with one attached hydrogen (secondary N) is 2. The molecule has 0 aliphatic heterocycles. The SMILES string of the molecule is Cn1cnnc1SCC(=O)Nc1cccc(C(=O)Nc2cccc(C#Cc3ccccc3)c2)c1. The van der Waals surface area contributed by atoms with Crippen LogP contribution in [-0.4, -0.2) is 32.3 Å². The van der Waals surface area contributed by atoms with E-state index < -0.39 is 0 Å². The zero-order valence-corrected chi connectivity index (χ0v) is 19.2. The Labute approximate surface area is 201 Å². The number of amides is 2. The van der Waals surface area contributed by atoms with E-state index in [1.165, 1.54) is 11.8 Å². The summed E-state index contributed by atoms with van der Waals surface area (Å²) in [7, 11) is 1.81. The van der Waals surface area contributed by atoms with Crippen LogP contribution in [0.1, 0.15) is 21.5 Å². The highest BCUT2D eigenvalue weighted by molar-refractivity contribution is 7.99. The summed E-state index contributed by atoms with van der Waals surface area (Å²) in [6, 6.07) is 23.9. The number of rotatable bonds is 6. The average molecular weight is 468 g/mol. The van der Waals surface area contributed by atoms with Gasteiger partial charge in [-0.1, -0.05) is 53.9 Å². The second kappa shape index (κ2) is 11.0. The molecule has 1 aromatic heterocycles. The van der Waals surface area contributed by atoms with Crippen LogP contribution in [0, 0.1) is 11.8 Å². The summed E-state index contributed by atoms with van der Waals surface area (Å²) in [6.45, 7) is 0. The molecule has 4 aromatic rings. The molecular weight excluding hydrogens is 446 g/mol. The molecule has 8 heteroatoms. The molecular formula is C26H21N5O2S. The molecule has 2 amide bonds. The van der Waals surface area contributed by atoms with E-state index in [-0.39, 0.29) is 17.6 Å². The van der Waals surface area contributed by atoms with Gasteiger partial charge in [0.25, 0.3) is 5.91 Å². The predicted molar refractivity (Wildman–Crippen MR) is 134 cm³/mol. The number of hydrogen-bond donors (Lipinski definition) is 2. The summed E-state index contributed by atoms with van der Waals surface area (Å²) < 4.78 is 1.74. The van der Waals surface area contributed by atoms with E-state index in [0.717, 1.165) is 11.1 Å². The lowest BCUT2D eigenvalue weighted by Gasteiger charge is -2.09. The van der Waals surface area contributed by atoms with Crippen molar-refractivity contribution in [3.05, 3.63) is 102 Å². The summed E-state index contributed by atoms with van der Waals surface area (Å²) in [4.78, 5) is 25.1. The van der Waals surface area contributed by atoms with Crippen molar-refractivity contribution >= 4 is 35.0 Å². The maximum absolute atomic E-state index is 12.8. The van der Waals surface area contributed by atoms with E-state index in [1.807, 2.05) is 55.6 Å². The largest absolute Gasteiger partial charge is 0.325 e. The molecule has 0 fully saturated rings. The molecule has 168 valence electrons. The third kappa shape index (κ3) is 6.34. The van der Waals surface area contributed by atoms with Crippen molar-refractivity contribution in [3.63, 3.8) is 0 Å². The van der Waals surface area contributed by atoms with Crippen molar-refractivity contribution < 1.29 is 9.59 Å². The van der Waals surface area contributed by atoms with E-state index in [4.69, 9.17) is 0 Å². The van der Waals surface area contributed by atoms with Gasteiger partial charge in [0, 0.05) is 35.1 Å². The first kappa shape index (κ1) is 22.8. The van der Waals surface area contributed by atoms with Gasteiger partial charge in [0.1, 0.15) is 6.33 Å². The minimum Gasteiger partial charge on any atom is -0.325 e. The monoisotopic (exact) mass is 467 g/mol. The number of aromatic nitrogens is 3. The van der Waals surface area contributed by atoms with Crippen LogP contribution in [0.3, 0.4) is 0 Å². The fourth-order valence-electron chi connectivity index (χ4n) is 3.01. The normalized spacial score (nSPS) is 10.1. The molecule has 0 aliphatic carbocycles. The van der Waals surface area contributed by atoms with Crippen LogP contribution in [0.15, 0.2) is 90.3 Å². The Kier molecular flexibility index (Phi) is 7.38. The van der Waals surface area contributed by atoms with Crippen molar-refractivity contribution in [3.8, 4) is 11.8 Å². The number of benzene rings is 3. The Hall–Kier alpha value is -4.35. The van der Waals surface area contributed by atoms with Gasteiger partial charge in [-0.3, -0.25) is 9.59 Å². The van der Waals surface area contributed by atoms with Gasteiger partial charge in [-0.15, -0.1) is 10.2 Å². The van der Waals surface area contributed by atoms with Crippen LogP contribution in [0.4, 0.5) is 11.4 Å². The highest BCUT2D eigenvalue weighted by Crippen LogP contribution is 2.17. The number of aryl methyl sites for hydroxylation is 1. The van der Waals surface area contributed by atoms with Gasteiger partial charge in [-0.2, -0.15) is 0 Å². The fourth-order valence-corrected chi connectivity index (χ4v) is 3.70. The van der Waals surface area contributed by atoms with Crippen LogP contribution in [0.5, 0.6) is 0 Å². The van der Waals surface area contributed by atoms with Gasteiger partial charge >= 0.3 is 0 Å². The summed E-state index contributed by atoms with van der Waals surface area (Å²) >= 11 is 1.28. The number of carbonyl (C=O) groups excluding carboxylic acids is 2. The Morgan fingerprint density at radius 3 is 2.35 bits per heavy atom. The Morgan fingerprint density at radius 1 is 0.882 bits per heavy atom. The molecule has 0 aliphatic rings. The fraction of sp³-hybridized carbons (Fsp3) is 0.0769. The summed E-state index contributed by atoms with van der Waals surface area (Å²) in [5, 5.41) is 14.1. The molecule has 0 saturated carbocycles. The minimum atomic E-state index is -0.280. The van der Waals surface area contributed by atoms with Crippen molar-refractivity contribution in [1.82, 2.24) is 14.8 Å². The van der Waals surface area contributed by atoms with Gasteiger partial charge in [-0.05, 0) is 48.5 Å². The van der Waals surface area contributed by atoms with Gasteiger partial charge < -0.3 is 15.2 Å². The molecule has 0 radical (unpaired) electrons. The lowest BCUT2D eigenvalue weighted by molar-refractivity contribution is -0.113. The average Bonchev–Trinajstić information content (AvgIpc) is 3.27. The molecule has 0 bridgehead atoms. The van der Waals surface area contributed by atoms with Gasteiger partial charge in [0.05, 0.1) is 5.75 Å². The second-order valence-corrected chi connectivity index (χ2v) is 8.24. The zero-order valence-electron chi connectivity index (χ0n) is 18.4. The molecule has 4 rings (SSSR count). The van der Waals surface area contributed by atoms with Crippen LogP contribution in [0.2, 0.25) is 0 Å². The molecule has 0 atom stereocenters. The van der Waals surface area contributed by atoms with Crippen molar-refractivity contribution in [2.75, 3.05) is 16.4 Å². The van der Waals surface area contributed by atoms with Crippen molar-refractivity contribution in [2.24, 2.45) is 7.05 Å². The Morgan fingerprint density at radius 2 is 1.59 bits per heavy atom. The predicted octanol–water partition coefficient (Wildman–Crippen LogP) is 4.20. The third-order valence-electron chi connectivity index (χ3n) is 4.66. The van der Waals surface area contributed by atoms with E-state index in [1.54, 1.807) is 41.2 Å². The van der Waals surface area contributed by atoms with Gasteiger partial charge in [0.2, 0.25) is 5.91 Å². The maximum Gasteiger partial charge on any atom is 0.255 e. The van der Waals surface area contributed by atoms with Crippen molar-refractivity contribution in [1.29, 1.82) is 0 Å². The van der Waals surface area contributed by atoms with Gasteiger partial charge in [0.15, 0.2) is 5.16 Å². The molecule has 0 saturated heterocycles. The molecule has 34 heavy (non-hydrogen) atoms. The standard InChI is InChI=1S/C26H21N5O2S/c1-31-18-27-30-26(31)34-17-24(32)28-23-12-6-10-21(16-23)25(33)29-22-11-5-9-20(15-22)14-13-19-7-3-2-4-8-19/h2-12,15-16,18H,17H2,1H3,(H,28,32)(H,29,33). The first-order valence-electron chi connectivity index (χ1n) is 10.4. The number of nitrogens with zero attached hydrogens (tertiary/aromatic N) is 3. The number of carbonyl (C=O) groups is 2. The number of anilines is 2. The summed E-state index contributed by atoms with van der Waals surface area (Å²) in [5.74, 6) is 5.92. The Balaban J connectivity index is 1.37. The Bertz CT molecular complexity index is 1370. The van der Waals surface area contributed by atoms with Gasteiger partial charge in [-0.25, -0.2) is 0 Å². The first-order chi connectivity index (χ1) is 16.6. The molecule has 0 spiro atoms. The van der Waals surface area contributed by atoms with Crippen LogP contribution in [0.25, 0.3) is 0 Å². The smallest absolute Gasteiger partial charge is 0.255 e. The quantitative estimate of drug-likeness (QED) is 0.328. The maximum atomic E-state index is 12.8. The molecule has 2 N–H and O–H groups in total. The van der Waals surface area contributed by atoms with E-state index >= 15 is 0 Å². The summed E-state index contributed by atoms with van der Waals surface area (Å²) in [6.07, 6.45) is 1.58. The van der Waals surface area contributed by atoms with Crippen LogP contribution < -0.4 is 10.6 Å². The number of hydrogen-bond acceptors (Lipinski definition) is 5. The highest BCUT2D eigenvalue weighted by atomic mass is 32.2. The van der Waals surface area contributed by atoms with Crippen LogP contribution >= 0.6 is 11.8 Å². The summed E-state index contributed by atoms with van der Waals surface area (Å²) in [5.41, 5.74) is 3.33. The highest BCUT2D eigenvalue weighted by Gasteiger charge is 2.10. The molecule has 3 aromatic carbocycles. The lowest BCUT2D eigenvalue weighted by Crippen LogP contribution is -2.16. The first-order valence-corrected chi connectivity index (χ1v) is 11.4. The molecule has 7 nitrogen and oxygen atoms in total. The molecule has 1 heterocycles. The van der Waals surface area contributed by atoms with E-state index in [0.29, 0.717) is 22.1 Å². The topological polar surface area (TPSA) is 88.9 Å². The second-order valence-electron chi connectivity index (χ2n) is 7.29. The molecule has 0 unspecified atom stereocenters. The van der Waals surface area contributed by atoms with Crippen molar-refractivity contribution in [2.45, 2.75) is 5.16 Å². The number of thioether (sulfide) groups is 1. The lowest BCUT2D eigenvalue weighted by atomic mass is 10.1. The third-order valence-corrected chi connectivity index (χ3v) is 5.69. The van der Waals surface area contributed by atoms with E-state index in [9.17, 15) is 9.59 Å². The minimum absolute atomic E-state index is 0.180. The van der Waals surface area contributed by atoms with Crippen LogP contribution in [-0.2, 0) is 11.8 Å². The zero-order chi connectivity index (χ0) is 23.8. The van der Waals surface area contributed by atoms with E-state index in [2.05, 4.69) is 32.7 Å².